The van der Waals surface area contributed by atoms with Crippen LogP contribution in [-0.2, 0) is 0 Å². The maximum absolute atomic E-state index is 13.3. The number of amides is 1. The van der Waals surface area contributed by atoms with E-state index in [0.717, 1.165) is 60.4 Å². The molecule has 1 aromatic heterocycles. The van der Waals surface area contributed by atoms with Crippen molar-refractivity contribution in [2.45, 2.75) is 52.5 Å². The fourth-order valence-electron chi connectivity index (χ4n) is 4.28. The lowest BCUT2D eigenvalue weighted by Crippen LogP contribution is -2.30. The average molecular weight is 432 g/mol. The lowest BCUT2D eigenvalue weighted by atomic mass is 9.96. The molecule has 5 nitrogen and oxygen atoms in total. The van der Waals surface area contributed by atoms with Crippen LogP contribution in [0.15, 0.2) is 54.6 Å². The second-order valence-corrected chi connectivity index (χ2v) is 8.94. The highest BCUT2D eigenvalue weighted by atomic mass is 16.5. The van der Waals surface area contributed by atoms with Crippen LogP contribution in [0.5, 0.6) is 5.75 Å². The smallest absolute Gasteiger partial charge is 0.273 e. The molecule has 0 saturated heterocycles. The molecule has 1 atom stereocenters. The summed E-state index contributed by atoms with van der Waals surface area (Å²) in [4.78, 5) is 15.3. The van der Waals surface area contributed by atoms with Gasteiger partial charge in [0.1, 0.15) is 11.4 Å². The quantitative estimate of drug-likeness (QED) is 0.387. The molecule has 4 rings (SSSR count). The van der Waals surface area contributed by atoms with E-state index in [0.29, 0.717) is 18.2 Å². The summed E-state index contributed by atoms with van der Waals surface area (Å²) in [6, 6.07) is 18.2. The fourth-order valence-corrected chi connectivity index (χ4v) is 4.28. The van der Waals surface area contributed by atoms with E-state index in [9.17, 15) is 4.79 Å². The van der Waals surface area contributed by atoms with E-state index in [1.165, 1.54) is 0 Å². The molecule has 0 fully saturated rings. The number of hydrogen-bond acceptors (Lipinski definition) is 3. The van der Waals surface area contributed by atoms with Gasteiger partial charge in [-0.1, -0.05) is 76.1 Å². The van der Waals surface area contributed by atoms with Crippen LogP contribution in [0.3, 0.4) is 0 Å². The van der Waals surface area contributed by atoms with Crippen molar-refractivity contribution in [1.29, 1.82) is 0 Å². The van der Waals surface area contributed by atoms with Crippen molar-refractivity contribution in [3.8, 4) is 17.0 Å². The second-order valence-electron chi connectivity index (χ2n) is 8.94. The lowest BCUT2D eigenvalue weighted by molar-refractivity contribution is 0.0740. The first-order valence-electron chi connectivity index (χ1n) is 11.8. The van der Waals surface area contributed by atoms with E-state index >= 15 is 0 Å². The molecule has 1 amide bonds. The van der Waals surface area contributed by atoms with Crippen LogP contribution in [0.1, 0.15) is 74.1 Å². The van der Waals surface area contributed by atoms with Crippen molar-refractivity contribution in [2.24, 2.45) is 5.92 Å². The molecule has 0 saturated carbocycles. The molecule has 1 aliphatic rings. The van der Waals surface area contributed by atoms with E-state index in [1.54, 1.807) is 0 Å². The van der Waals surface area contributed by atoms with Crippen LogP contribution >= 0.6 is 0 Å². The maximum atomic E-state index is 13.3. The fraction of sp³-hybridized carbons (Fsp3) is 0.407. The monoisotopic (exact) mass is 431 g/mol. The summed E-state index contributed by atoms with van der Waals surface area (Å²) in [6.07, 6.45) is 4.25. The van der Waals surface area contributed by atoms with Crippen LogP contribution in [0.4, 0.5) is 0 Å². The summed E-state index contributed by atoms with van der Waals surface area (Å²) in [5.41, 5.74) is 4.55. The number of unbranched alkanes of at least 4 members (excludes halogenated alkanes) is 2. The van der Waals surface area contributed by atoms with Gasteiger partial charge in [0.05, 0.1) is 18.3 Å². The van der Waals surface area contributed by atoms with Crippen molar-refractivity contribution in [2.75, 3.05) is 13.2 Å². The van der Waals surface area contributed by atoms with Gasteiger partial charge in [0.2, 0.25) is 0 Å². The van der Waals surface area contributed by atoms with Gasteiger partial charge in [0, 0.05) is 17.7 Å². The largest absolute Gasteiger partial charge is 0.494 e. The van der Waals surface area contributed by atoms with E-state index in [-0.39, 0.29) is 11.9 Å². The molecule has 1 N–H and O–H groups in total. The molecule has 0 radical (unpaired) electrons. The van der Waals surface area contributed by atoms with E-state index < -0.39 is 0 Å². The highest BCUT2D eigenvalue weighted by Gasteiger charge is 2.41. The first-order valence-corrected chi connectivity index (χ1v) is 11.8. The van der Waals surface area contributed by atoms with Crippen molar-refractivity contribution in [1.82, 2.24) is 15.1 Å². The highest BCUT2D eigenvalue weighted by molar-refractivity contribution is 6.00. The third-order valence-electron chi connectivity index (χ3n) is 6.07. The van der Waals surface area contributed by atoms with Gasteiger partial charge in [-0.25, -0.2) is 0 Å². The summed E-state index contributed by atoms with van der Waals surface area (Å²) < 4.78 is 5.91. The van der Waals surface area contributed by atoms with Crippen molar-refractivity contribution in [3.63, 3.8) is 0 Å². The average Bonchev–Trinajstić information content (AvgIpc) is 3.34. The topological polar surface area (TPSA) is 58.2 Å². The van der Waals surface area contributed by atoms with Crippen LogP contribution in [0.25, 0.3) is 11.3 Å². The minimum absolute atomic E-state index is 0.0352. The lowest BCUT2D eigenvalue weighted by Gasteiger charge is -2.26. The third kappa shape index (κ3) is 4.57. The number of ether oxygens (including phenoxy) is 1. The Morgan fingerprint density at radius 2 is 1.81 bits per heavy atom. The Morgan fingerprint density at radius 1 is 1.06 bits per heavy atom. The van der Waals surface area contributed by atoms with Crippen LogP contribution in [0, 0.1) is 5.92 Å². The Labute approximate surface area is 190 Å². The standard InChI is InChI=1S/C27H33N3O2/c1-4-5-9-17-30-26(21-12-14-22(15-13-21)32-18-16-19(2)3)23-24(20-10-7-6-8-11-20)28-29-25(23)27(30)31/h6-8,10-15,19,26H,4-5,9,16-18H2,1-3H3,(H,28,29). The molecular weight excluding hydrogens is 398 g/mol. The summed E-state index contributed by atoms with van der Waals surface area (Å²) >= 11 is 0. The molecule has 0 aliphatic carbocycles. The van der Waals surface area contributed by atoms with Crippen molar-refractivity contribution in [3.05, 3.63) is 71.4 Å². The molecule has 1 unspecified atom stereocenters. The predicted octanol–water partition coefficient (Wildman–Crippen LogP) is 6.24. The van der Waals surface area contributed by atoms with Gasteiger partial charge in [-0.2, -0.15) is 5.10 Å². The molecule has 168 valence electrons. The number of benzene rings is 2. The number of carbonyl (C=O) groups excluding carboxylic acids is 1. The van der Waals surface area contributed by atoms with Gasteiger partial charge in [-0.3, -0.25) is 9.89 Å². The molecule has 2 heterocycles. The maximum Gasteiger partial charge on any atom is 0.273 e. The number of carbonyl (C=O) groups is 1. The molecular formula is C27H33N3O2. The normalized spacial score (nSPS) is 15.4. The number of nitrogens with one attached hydrogen (secondary N) is 1. The van der Waals surface area contributed by atoms with Gasteiger partial charge in [0.15, 0.2) is 0 Å². The van der Waals surface area contributed by atoms with Gasteiger partial charge in [0.25, 0.3) is 5.91 Å². The Morgan fingerprint density at radius 3 is 2.50 bits per heavy atom. The number of H-pyrrole nitrogens is 1. The molecule has 0 spiro atoms. The summed E-state index contributed by atoms with van der Waals surface area (Å²) in [5, 5.41) is 7.58. The SMILES string of the molecule is CCCCCN1C(=O)c2[nH]nc(-c3ccccc3)c2C1c1ccc(OCCC(C)C)cc1. The Hall–Kier alpha value is -3.08. The number of aromatic amines is 1. The van der Waals surface area contributed by atoms with E-state index in [2.05, 4.69) is 43.1 Å². The zero-order chi connectivity index (χ0) is 22.5. The van der Waals surface area contributed by atoms with Crippen LogP contribution in [0.2, 0.25) is 0 Å². The molecule has 2 aromatic carbocycles. The van der Waals surface area contributed by atoms with Gasteiger partial charge in [-0.05, 0) is 36.5 Å². The van der Waals surface area contributed by atoms with Crippen molar-refractivity contribution < 1.29 is 9.53 Å². The van der Waals surface area contributed by atoms with E-state index in [4.69, 9.17) is 4.74 Å². The molecule has 3 aromatic rings. The number of nitrogens with zero attached hydrogens (tertiary/aromatic N) is 2. The summed E-state index contributed by atoms with van der Waals surface area (Å²) in [6.45, 7) is 8.03. The van der Waals surface area contributed by atoms with Gasteiger partial charge >= 0.3 is 0 Å². The zero-order valence-electron chi connectivity index (χ0n) is 19.3. The Bertz CT molecular complexity index is 1020. The number of fused-ring (bicyclic) bond motifs is 1. The summed E-state index contributed by atoms with van der Waals surface area (Å²) in [5.74, 6) is 1.52. The first kappa shape index (κ1) is 22.1. The number of rotatable bonds is 10. The molecule has 32 heavy (non-hydrogen) atoms. The predicted molar refractivity (Wildman–Crippen MR) is 128 cm³/mol. The minimum Gasteiger partial charge on any atom is -0.494 e. The Kier molecular flexibility index (Phi) is 6.93. The molecule has 1 aliphatic heterocycles. The molecule has 0 bridgehead atoms. The van der Waals surface area contributed by atoms with Gasteiger partial charge in [-0.15, -0.1) is 0 Å². The van der Waals surface area contributed by atoms with Crippen molar-refractivity contribution >= 4 is 5.91 Å². The third-order valence-corrected chi connectivity index (χ3v) is 6.07. The van der Waals surface area contributed by atoms with Crippen LogP contribution in [-0.4, -0.2) is 34.2 Å². The molecule has 5 heteroatoms. The van der Waals surface area contributed by atoms with Gasteiger partial charge < -0.3 is 9.64 Å². The number of hydrogen-bond donors (Lipinski definition) is 1. The summed E-state index contributed by atoms with van der Waals surface area (Å²) in [7, 11) is 0. The number of aromatic nitrogens is 2. The minimum atomic E-state index is -0.145. The second kappa shape index (κ2) is 10.0. The van der Waals surface area contributed by atoms with Crippen LogP contribution < -0.4 is 4.74 Å². The van der Waals surface area contributed by atoms with E-state index in [1.807, 2.05) is 47.4 Å². The highest BCUT2D eigenvalue weighted by Crippen LogP contribution is 2.43. The Balaban J connectivity index is 1.66. The first-order chi connectivity index (χ1) is 15.6. The zero-order valence-corrected chi connectivity index (χ0v) is 19.3.